The van der Waals surface area contributed by atoms with Crippen LogP contribution in [0.4, 0.5) is 0 Å². The summed E-state index contributed by atoms with van der Waals surface area (Å²) in [7, 11) is 0. The van der Waals surface area contributed by atoms with E-state index in [1.807, 2.05) is 0 Å². The molecule has 0 aliphatic carbocycles. The predicted molar refractivity (Wildman–Crippen MR) is 184 cm³/mol. The summed E-state index contributed by atoms with van der Waals surface area (Å²) in [5, 5.41) is 5.49. The Hall–Kier alpha value is -3.52. The Labute approximate surface area is 252 Å². The molecule has 2 aromatic heterocycles. The van der Waals surface area contributed by atoms with E-state index >= 15 is 0 Å². The van der Waals surface area contributed by atoms with Crippen molar-refractivity contribution in [3.63, 3.8) is 0 Å². The molecule has 0 amide bonds. The number of rotatable bonds is 13. The molecule has 0 saturated heterocycles. The Morgan fingerprint density at radius 3 is 1.29 bits per heavy atom. The van der Waals surface area contributed by atoms with Gasteiger partial charge in [-0.15, -0.1) is 0 Å². The van der Waals surface area contributed by atoms with Crippen molar-refractivity contribution >= 4 is 43.6 Å². The SMILES string of the molecule is CCCCC(CC)Cn1c2ccccc2c2ccc(-c3ccc4c5ccccc5n(CC(CC)CCCC)c4c3)cc21. The topological polar surface area (TPSA) is 9.86 Å². The molecule has 2 atom stereocenters. The summed E-state index contributed by atoms with van der Waals surface area (Å²) >= 11 is 0. The molecular weight excluding hydrogens is 508 g/mol. The average Bonchev–Trinajstić information content (AvgIpc) is 3.52. The molecule has 218 valence electrons. The highest BCUT2D eigenvalue weighted by Crippen LogP contribution is 2.37. The number of unbranched alkanes of at least 4 members (excludes halogenated alkanes) is 2. The van der Waals surface area contributed by atoms with Gasteiger partial charge < -0.3 is 9.13 Å². The number of nitrogens with zero attached hydrogens (tertiary/aromatic N) is 2. The first-order valence-electron chi connectivity index (χ1n) is 16.7. The summed E-state index contributed by atoms with van der Waals surface area (Å²) in [5.41, 5.74) is 8.10. The van der Waals surface area contributed by atoms with E-state index in [0.717, 1.165) is 13.1 Å². The van der Waals surface area contributed by atoms with Gasteiger partial charge in [0.05, 0.1) is 0 Å². The van der Waals surface area contributed by atoms with Gasteiger partial charge in [0, 0.05) is 56.7 Å². The van der Waals surface area contributed by atoms with Gasteiger partial charge in [-0.2, -0.15) is 0 Å². The fourth-order valence-electron chi connectivity index (χ4n) is 7.20. The van der Waals surface area contributed by atoms with Crippen LogP contribution in [0, 0.1) is 11.8 Å². The Kier molecular flexibility index (Phi) is 8.70. The molecule has 6 aromatic rings. The Balaban J connectivity index is 1.47. The Morgan fingerprint density at radius 2 is 0.881 bits per heavy atom. The highest BCUT2D eigenvalue weighted by molar-refractivity contribution is 6.11. The van der Waals surface area contributed by atoms with E-state index < -0.39 is 0 Å². The van der Waals surface area contributed by atoms with Crippen LogP contribution in [0.5, 0.6) is 0 Å². The number of aromatic nitrogens is 2. The summed E-state index contributed by atoms with van der Waals surface area (Å²) in [6.07, 6.45) is 10.2. The Bertz CT molecular complexity index is 1670. The lowest BCUT2D eigenvalue weighted by Gasteiger charge is -2.18. The lowest BCUT2D eigenvalue weighted by molar-refractivity contribution is 0.401. The fraction of sp³-hybridized carbons (Fsp3) is 0.400. The van der Waals surface area contributed by atoms with E-state index in [-0.39, 0.29) is 0 Å². The van der Waals surface area contributed by atoms with Gasteiger partial charge in [-0.1, -0.05) is 127 Å². The van der Waals surface area contributed by atoms with Crippen LogP contribution >= 0.6 is 0 Å². The summed E-state index contributed by atoms with van der Waals surface area (Å²) in [6.45, 7) is 11.5. The van der Waals surface area contributed by atoms with Crippen molar-refractivity contribution in [3.05, 3.63) is 84.9 Å². The first-order chi connectivity index (χ1) is 20.7. The van der Waals surface area contributed by atoms with Gasteiger partial charge in [0.25, 0.3) is 0 Å². The number of hydrogen-bond donors (Lipinski definition) is 0. The normalized spacial score (nSPS) is 13.5. The van der Waals surface area contributed by atoms with E-state index in [0.29, 0.717) is 11.8 Å². The minimum atomic E-state index is 0.707. The van der Waals surface area contributed by atoms with Crippen LogP contribution in [0.15, 0.2) is 84.9 Å². The van der Waals surface area contributed by atoms with Crippen LogP contribution in [0.3, 0.4) is 0 Å². The fourth-order valence-corrected chi connectivity index (χ4v) is 7.20. The zero-order valence-corrected chi connectivity index (χ0v) is 26.2. The number of fused-ring (bicyclic) bond motifs is 6. The highest BCUT2D eigenvalue weighted by atomic mass is 15.0. The van der Waals surface area contributed by atoms with E-state index in [9.17, 15) is 0 Å². The summed E-state index contributed by atoms with van der Waals surface area (Å²) < 4.78 is 5.24. The number of hydrogen-bond acceptors (Lipinski definition) is 0. The third-order valence-corrected chi connectivity index (χ3v) is 9.85. The molecule has 2 heteroatoms. The van der Waals surface area contributed by atoms with Gasteiger partial charge in [-0.3, -0.25) is 0 Å². The van der Waals surface area contributed by atoms with Gasteiger partial charge >= 0.3 is 0 Å². The maximum atomic E-state index is 2.62. The van der Waals surface area contributed by atoms with Crippen LogP contribution in [-0.2, 0) is 13.1 Å². The van der Waals surface area contributed by atoms with E-state index in [2.05, 4.69) is 122 Å². The average molecular weight is 557 g/mol. The molecule has 0 N–H and O–H groups in total. The van der Waals surface area contributed by atoms with Crippen molar-refractivity contribution in [1.29, 1.82) is 0 Å². The summed E-state index contributed by atoms with van der Waals surface area (Å²) in [5.74, 6) is 1.41. The smallest absolute Gasteiger partial charge is 0.0497 e. The van der Waals surface area contributed by atoms with Crippen molar-refractivity contribution < 1.29 is 0 Å². The molecule has 2 heterocycles. The second kappa shape index (κ2) is 12.8. The van der Waals surface area contributed by atoms with Crippen molar-refractivity contribution in [1.82, 2.24) is 9.13 Å². The minimum absolute atomic E-state index is 0.707. The molecule has 0 spiro atoms. The van der Waals surface area contributed by atoms with Crippen LogP contribution in [0.1, 0.15) is 79.1 Å². The van der Waals surface area contributed by atoms with E-state index in [1.54, 1.807) is 0 Å². The second-order valence-corrected chi connectivity index (χ2v) is 12.6. The van der Waals surface area contributed by atoms with Gasteiger partial charge in [0.1, 0.15) is 0 Å². The first-order valence-corrected chi connectivity index (χ1v) is 16.7. The molecule has 0 aliphatic rings. The van der Waals surface area contributed by atoms with Gasteiger partial charge in [-0.05, 0) is 60.1 Å². The zero-order chi connectivity index (χ0) is 29.1. The monoisotopic (exact) mass is 556 g/mol. The van der Waals surface area contributed by atoms with Crippen molar-refractivity contribution in [3.8, 4) is 11.1 Å². The molecular formula is C40H48N2. The lowest BCUT2D eigenvalue weighted by Crippen LogP contribution is -2.10. The van der Waals surface area contributed by atoms with Gasteiger partial charge in [0.15, 0.2) is 0 Å². The van der Waals surface area contributed by atoms with Crippen LogP contribution in [0.2, 0.25) is 0 Å². The molecule has 42 heavy (non-hydrogen) atoms. The summed E-state index contributed by atoms with van der Waals surface area (Å²) in [4.78, 5) is 0. The third kappa shape index (κ3) is 5.37. The molecule has 2 nitrogen and oxygen atoms in total. The molecule has 0 aliphatic heterocycles. The third-order valence-electron chi connectivity index (χ3n) is 9.85. The minimum Gasteiger partial charge on any atom is -0.340 e. The van der Waals surface area contributed by atoms with Gasteiger partial charge in [-0.25, -0.2) is 0 Å². The van der Waals surface area contributed by atoms with Crippen molar-refractivity contribution in [2.45, 2.75) is 92.2 Å². The lowest BCUT2D eigenvalue weighted by atomic mass is 9.98. The molecule has 2 unspecified atom stereocenters. The molecule has 0 bridgehead atoms. The van der Waals surface area contributed by atoms with Crippen LogP contribution in [-0.4, -0.2) is 9.13 Å². The number of para-hydroxylation sites is 2. The molecule has 0 radical (unpaired) electrons. The van der Waals surface area contributed by atoms with Crippen molar-refractivity contribution in [2.24, 2.45) is 11.8 Å². The predicted octanol–water partition coefficient (Wildman–Crippen LogP) is 12.0. The second-order valence-electron chi connectivity index (χ2n) is 12.6. The van der Waals surface area contributed by atoms with Crippen molar-refractivity contribution in [2.75, 3.05) is 0 Å². The standard InChI is InChI=1S/C40H48N2/c1-5-9-15-29(7-3)27-41-37-19-13-11-17-33(37)35-23-21-31(25-39(35)41)32-22-24-36-34-18-12-14-20-38(34)42(40(36)26-32)28-30(8-4)16-10-6-2/h11-14,17-26,29-30H,5-10,15-16,27-28H2,1-4H3. The molecule has 4 aromatic carbocycles. The maximum Gasteiger partial charge on any atom is 0.0497 e. The largest absolute Gasteiger partial charge is 0.340 e. The van der Waals surface area contributed by atoms with E-state index in [1.165, 1.54) is 106 Å². The Morgan fingerprint density at radius 1 is 0.476 bits per heavy atom. The summed E-state index contributed by atoms with van der Waals surface area (Å²) in [6, 6.07) is 32.4. The quantitative estimate of drug-likeness (QED) is 0.134. The highest BCUT2D eigenvalue weighted by Gasteiger charge is 2.17. The zero-order valence-electron chi connectivity index (χ0n) is 26.2. The van der Waals surface area contributed by atoms with Gasteiger partial charge in [0.2, 0.25) is 0 Å². The molecule has 0 saturated carbocycles. The molecule has 0 fully saturated rings. The maximum absolute atomic E-state index is 2.62. The first kappa shape index (κ1) is 28.6. The van der Waals surface area contributed by atoms with Crippen LogP contribution in [0.25, 0.3) is 54.7 Å². The number of benzene rings is 4. The van der Waals surface area contributed by atoms with Crippen LogP contribution < -0.4 is 0 Å². The molecule has 6 rings (SSSR count). The van der Waals surface area contributed by atoms with E-state index in [4.69, 9.17) is 0 Å².